The van der Waals surface area contributed by atoms with E-state index in [9.17, 15) is 4.39 Å². The molecule has 0 aliphatic heterocycles. The smallest absolute Gasteiger partial charge is 0.165 e. The zero-order valence-electron chi connectivity index (χ0n) is 10.8. The summed E-state index contributed by atoms with van der Waals surface area (Å²) >= 11 is 9.27. The molecule has 2 N–H and O–H groups in total. The molecule has 2 nitrogen and oxygen atoms in total. The first-order valence-corrected chi connectivity index (χ1v) is 7.27. The third kappa shape index (κ3) is 3.72. The Morgan fingerprint density at radius 3 is 2.65 bits per heavy atom. The highest BCUT2D eigenvalue weighted by atomic mass is 79.9. The Morgan fingerprint density at radius 2 is 2.00 bits per heavy atom. The molecule has 0 aliphatic rings. The molecule has 0 saturated heterocycles. The van der Waals surface area contributed by atoms with Crippen molar-refractivity contribution in [2.24, 2.45) is 5.73 Å². The van der Waals surface area contributed by atoms with Crippen molar-refractivity contribution in [3.8, 4) is 5.75 Å². The van der Waals surface area contributed by atoms with Crippen LogP contribution >= 0.6 is 27.5 Å². The molecule has 2 aromatic carbocycles. The van der Waals surface area contributed by atoms with Crippen molar-refractivity contribution >= 4 is 27.5 Å². The minimum atomic E-state index is -0.475. The molecular formula is C15H14BrClFNO. The molecule has 0 heterocycles. The van der Waals surface area contributed by atoms with Gasteiger partial charge >= 0.3 is 0 Å². The van der Waals surface area contributed by atoms with Gasteiger partial charge in [0.05, 0.1) is 0 Å². The molecule has 2 aromatic rings. The van der Waals surface area contributed by atoms with Crippen molar-refractivity contribution in [1.29, 1.82) is 0 Å². The summed E-state index contributed by atoms with van der Waals surface area (Å²) in [6.45, 7) is 1.81. The van der Waals surface area contributed by atoms with Gasteiger partial charge in [-0.15, -0.1) is 0 Å². The van der Waals surface area contributed by atoms with Gasteiger partial charge < -0.3 is 10.5 Å². The quantitative estimate of drug-likeness (QED) is 0.859. The first kappa shape index (κ1) is 15.3. The maximum absolute atomic E-state index is 13.8. The molecule has 0 amide bonds. The van der Waals surface area contributed by atoms with E-state index in [1.54, 1.807) is 24.3 Å². The minimum absolute atomic E-state index is 0.154. The Balaban J connectivity index is 2.33. The molecule has 0 saturated carbocycles. The number of ether oxygens (including phenoxy) is 1. The summed E-state index contributed by atoms with van der Waals surface area (Å²) < 4.78 is 20.3. The molecule has 2 atom stereocenters. The first-order chi connectivity index (χ1) is 9.47. The van der Waals surface area contributed by atoms with Crippen LogP contribution in [0, 0.1) is 5.82 Å². The summed E-state index contributed by atoms with van der Waals surface area (Å²) in [5.41, 5.74) is 6.76. The topological polar surface area (TPSA) is 35.2 Å². The number of rotatable bonds is 4. The summed E-state index contributed by atoms with van der Waals surface area (Å²) in [6.07, 6.45) is -0.475. The van der Waals surface area contributed by atoms with Crippen molar-refractivity contribution in [2.45, 2.75) is 19.1 Å². The van der Waals surface area contributed by atoms with Gasteiger partial charge in [-0.2, -0.15) is 0 Å². The van der Waals surface area contributed by atoms with Crippen LogP contribution in [0.5, 0.6) is 5.75 Å². The monoisotopic (exact) mass is 357 g/mol. The third-order valence-corrected chi connectivity index (χ3v) is 3.53. The van der Waals surface area contributed by atoms with Crippen LogP contribution in [0.2, 0.25) is 5.02 Å². The Hall–Kier alpha value is -1.10. The van der Waals surface area contributed by atoms with Crippen LogP contribution in [0.15, 0.2) is 46.9 Å². The molecule has 2 unspecified atom stereocenters. The second-order valence-corrected chi connectivity index (χ2v) is 5.88. The standard InChI is InChI=1S/C15H14BrClFNO/c1-9(19)15(10-3-2-4-12(17)7-10)20-14-8-11(16)5-6-13(14)18/h2-9,15H,19H2,1H3. The van der Waals surface area contributed by atoms with Gasteiger partial charge in [0.15, 0.2) is 11.6 Å². The SMILES string of the molecule is CC(N)C(Oc1cc(Br)ccc1F)c1cccc(Cl)c1. The number of nitrogens with two attached hydrogens (primary N) is 1. The Labute approximate surface area is 130 Å². The van der Waals surface area contributed by atoms with Gasteiger partial charge in [-0.1, -0.05) is 39.7 Å². The predicted molar refractivity (Wildman–Crippen MR) is 82.6 cm³/mol. The van der Waals surface area contributed by atoms with E-state index >= 15 is 0 Å². The van der Waals surface area contributed by atoms with Crippen LogP contribution in [0.1, 0.15) is 18.6 Å². The molecule has 0 aliphatic carbocycles. The van der Waals surface area contributed by atoms with Gasteiger partial charge in [0.25, 0.3) is 0 Å². The molecule has 0 aromatic heterocycles. The summed E-state index contributed by atoms with van der Waals surface area (Å²) in [6, 6.07) is 11.4. The van der Waals surface area contributed by atoms with Gasteiger partial charge in [-0.25, -0.2) is 4.39 Å². The molecule has 20 heavy (non-hydrogen) atoms. The fraction of sp³-hybridized carbons (Fsp3) is 0.200. The summed E-state index contributed by atoms with van der Waals surface area (Å²) in [5, 5.41) is 0.589. The van der Waals surface area contributed by atoms with Gasteiger partial charge in [-0.3, -0.25) is 0 Å². The van der Waals surface area contributed by atoms with Crippen LogP contribution in [0.3, 0.4) is 0 Å². The number of halogens is 3. The van der Waals surface area contributed by atoms with Crippen molar-refractivity contribution in [1.82, 2.24) is 0 Å². The lowest BCUT2D eigenvalue weighted by Gasteiger charge is -2.23. The van der Waals surface area contributed by atoms with Crippen LogP contribution < -0.4 is 10.5 Å². The molecule has 0 spiro atoms. The van der Waals surface area contributed by atoms with Crippen molar-refractivity contribution in [3.05, 3.63) is 63.3 Å². The summed E-state index contributed by atoms with van der Waals surface area (Å²) in [5.74, 6) is -0.275. The van der Waals surface area contributed by atoms with Crippen LogP contribution in [0.25, 0.3) is 0 Å². The van der Waals surface area contributed by atoms with E-state index in [0.29, 0.717) is 5.02 Å². The average molecular weight is 359 g/mol. The lowest BCUT2D eigenvalue weighted by atomic mass is 10.0. The zero-order valence-corrected chi connectivity index (χ0v) is 13.2. The number of hydrogen-bond acceptors (Lipinski definition) is 2. The number of benzene rings is 2. The minimum Gasteiger partial charge on any atom is -0.481 e. The summed E-state index contributed by atoms with van der Waals surface area (Å²) in [7, 11) is 0. The fourth-order valence-electron chi connectivity index (χ4n) is 1.87. The van der Waals surface area contributed by atoms with E-state index in [-0.39, 0.29) is 11.8 Å². The second kappa shape index (κ2) is 6.57. The fourth-order valence-corrected chi connectivity index (χ4v) is 2.41. The molecule has 0 fully saturated rings. The second-order valence-electron chi connectivity index (χ2n) is 4.53. The van der Waals surface area contributed by atoms with Crippen molar-refractivity contribution < 1.29 is 9.13 Å². The van der Waals surface area contributed by atoms with E-state index in [1.165, 1.54) is 6.07 Å². The highest BCUT2D eigenvalue weighted by Crippen LogP contribution is 2.29. The lowest BCUT2D eigenvalue weighted by molar-refractivity contribution is 0.172. The first-order valence-electron chi connectivity index (χ1n) is 6.10. The largest absolute Gasteiger partial charge is 0.481 e. The highest BCUT2D eigenvalue weighted by molar-refractivity contribution is 9.10. The van der Waals surface area contributed by atoms with E-state index in [4.69, 9.17) is 22.1 Å². The van der Waals surface area contributed by atoms with Crippen LogP contribution in [0.4, 0.5) is 4.39 Å². The van der Waals surface area contributed by atoms with Crippen molar-refractivity contribution in [3.63, 3.8) is 0 Å². The zero-order chi connectivity index (χ0) is 14.7. The predicted octanol–water partition coefficient (Wildman–Crippen LogP) is 4.71. The molecule has 106 valence electrons. The highest BCUT2D eigenvalue weighted by Gasteiger charge is 2.20. The maximum Gasteiger partial charge on any atom is 0.165 e. The van der Waals surface area contributed by atoms with E-state index in [0.717, 1.165) is 10.0 Å². The van der Waals surface area contributed by atoms with Crippen LogP contribution in [-0.2, 0) is 0 Å². The Bertz CT molecular complexity index is 606. The normalized spacial score (nSPS) is 13.8. The Kier molecular flexibility index (Phi) is 5.02. The maximum atomic E-state index is 13.8. The lowest BCUT2D eigenvalue weighted by Crippen LogP contribution is -2.29. The van der Waals surface area contributed by atoms with E-state index in [2.05, 4.69) is 15.9 Å². The van der Waals surface area contributed by atoms with Gasteiger partial charge in [0.2, 0.25) is 0 Å². The molecule has 5 heteroatoms. The van der Waals surface area contributed by atoms with Gasteiger partial charge in [0.1, 0.15) is 6.10 Å². The van der Waals surface area contributed by atoms with Crippen LogP contribution in [-0.4, -0.2) is 6.04 Å². The van der Waals surface area contributed by atoms with E-state index < -0.39 is 11.9 Å². The summed E-state index contributed by atoms with van der Waals surface area (Å²) in [4.78, 5) is 0. The van der Waals surface area contributed by atoms with Gasteiger partial charge in [-0.05, 0) is 42.8 Å². The molecule has 2 rings (SSSR count). The number of hydrogen-bond donors (Lipinski definition) is 1. The van der Waals surface area contributed by atoms with Crippen molar-refractivity contribution in [2.75, 3.05) is 0 Å². The third-order valence-electron chi connectivity index (χ3n) is 2.80. The molecule has 0 radical (unpaired) electrons. The molecular weight excluding hydrogens is 345 g/mol. The van der Waals surface area contributed by atoms with E-state index in [1.807, 2.05) is 19.1 Å². The average Bonchev–Trinajstić information content (AvgIpc) is 2.39. The Morgan fingerprint density at radius 1 is 1.25 bits per heavy atom. The van der Waals surface area contributed by atoms with Gasteiger partial charge in [0, 0.05) is 15.5 Å². The molecule has 0 bridgehead atoms.